The van der Waals surface area contributed by atoms with Crippen molar-refractivity contribution in [2.45, 2.75) is 30.3 Å². The van der Waals surface area contributed by atoms with Crippen molar-refractivity contribution >= 4 is 10.0 Å². The molecule has 1 aliphatic rings. The fraction of sp³-hybridized carbons (Fsp3) is 0.333. The second kappa shape index (κ2) is 7.19. The average Bonchev–Trinajstić information content (AvgIpc) is 3.39. The van der Waals surface area contributed by atoms with Crippen LogP contribution in [0.4, 0.5) is 8.78 Å². The minimum Gasteiger partial charge on any atom is -0.395 e. The SMILES string of the molecule is O=S(=O)(c1cc(F)cc(F)c1)N(Cc1ccccc1)C(CO)C1CC1. The highest BCUT2D eigenvalue weighted by Crippen LogP contribution is 2.38. The van der Waals surface area contributed by atoms with Crippen LogP contribution in [0.2, 0.25) is 0 Å². The Bertz CT molecular complexity index is 818. The van der Waals surface area contributed by atoms with E-state index < -0.39 is 32.6 Å². The minimum atomic E-state index is -4.17. The predicted molar refractivity (Wildman–Crippen MR) is 89.1 cm³/mol. The smallest absolute Gasteiger partial charge is 0.243 e. The summed E-state index contributed by atoms with van der Waals surface area (Å²) in [6.45, 7) is -0.308. The highest BCUT2D eigenvalue weighted by Gasteiger charge is 2.41. The lowest BCUT2D eigenvalue weighted by Gasteiger charge is -2.30. The van der Waals surface area contributed by atoms with E-state index >= 15 is 0 Å². The van der Waals surface area contributed by atoms with Gasteiger partial charge in [-0.1, -0.05) is 30.3 Å². The largest absolute Gasteiger partial charge is 0.395 e. The molecule has 0 radical (unpaired) electrons. The van der Waals surface area contributed by atoms with Gasteiger partial charge in [0.25, 0.3) is 0 Å². The van der Waals surface area contributed by atoms with Crippen molar-refractivity contribution in [2.75, 3.05) is 6.61 Å². The van der Waals surface area contributed by atoms with Gasteiger partial charge >= 0.3 is 0 Å². The monoisotopic (exact) mass is 367 g/mol. The van der Waals surface area contributed by atoms with E-state index in [9.17, 15) is 22.3 Å². The predicted octanol–water partition coefficient (Wildman–Crippen LogP) is 2.93. The van der Waals surface area contributed by atoms with Gasteiger partial charge in [0, 0.05) is 12.6 Å². The lowest BCUT2D eigenvalue weighted by molar-refractivity contribution is 0.166. The summed E-state index contributed by atoms with van der Waals surface area (Å²) in [5, 5.41) is 9.75. The maximum atomic E-state index is 13.5. The molecule has 7 heteroatoms. The van der Waals surface area contributed by atoms with Crippen molar-refractivity contribution in [2.24, 2.45) is 5.92 Å². The van der Waals surface area contributed by atoms with Crippen molar-refractivity contribution < 1.29 is 22.3 Å². The maximum absolute atomic E-state index is 13.5. The molecule has 0 amide bonds. The maximum Gasteiger partial charge on any atom is 0.243 e. The van der Waals surface area contributed by atoms with Gasteiger partial charge in [-0.15, -0.1) is 0 Å². The van der Waals surface area contributed by atoms with E-state index in [0.717, 1.165) is 34.8 Å². The number of nitrogens with zero attached hydrogens (tertiary/aromatic N) is 1. The molecule has 0 aromatic heterocycles. The first-order valence-corrected chi connectivity index (χ1v) is 9.48. The Morgan fingerprint density at radius 1 is 1.08 bits per heavy atom. The van der Waals surface area contributed by atoms with E-state index in [1.807, 2.05) is 6.07 Å². The van der Waals surface area contributed by atoms with Gasteiger partial charge in [-0.2, -0.15) is 4.31 Å². The number of benzene rings is 2. The molecular formula is C18H19F2NO3S. The molecule has 1 fully saturated rings. The first-order valence-electron chi connectivity index (χ1n) is 8.04. The molecule has 1 N–H and O–H groups in total. The molecule has 1 unspecified atom stereocenters. The van der Waals surface area contributed by atoms with Gasteiger partial charge in [-0.3, -0.25) is 0 Å². The zero-order valence-electron chi connectivity index (χ0n) is 13.5. The number of hydrogen-bond donors (Lipinski definition) is 1. The molecule has 25 heavy (non-hydrogen) atoms. The molecule has 0 aliphatic heterocycles. The second-order valence-electron chi connectivity index (χ2n) is 6.23. The molecule has 0 heterocycles. The van der Waals surface area contributed by atoms with Crippen LogP contribution < -0.4 is 0 Å². The van der Waals surface area contributed by atoms with Gasteiger partial charge in [0.2, 0.25) is 10.0 Å². The quantitative estimate of drug-likeness (QED) is 0.819. The summed E-state index contributed by atoms with van der Waals surface area (Å²) in [6.07, 6.45) is 1.65. The topological polar surface area (TPSA) is 57.6 Å². The summed E-state index contributed by atoms with van der Waals surface area (Å²) in [4.78, 5) is -0.444. The molecule has 1 aliphatic carbocycles. The number of sulfonamides is 1. The van der Waals surface area contributed by atoms with E-state index in [1.165, 1.54) is 0 Å². The van der Waals surface area contributed by atoms with Crippen LogP contribution >= 0.6 is 0 Å². The van der Waals surface area contributed by atoms with E-state index in [-0.39, 0.29) is 19.1 Å². The van der Waals surface area contributed by atoms with Crippen LogP contribution in [0.15, 0.2) is 53.4 Å². The third kappa shape index (κ3) is 4.05. The van der Waals surface area contributed by atoms with Gasteiger partial charge in [0.1, 0.15) is 11.6 Å². The summed E-state index contributed by atoms with van der Waals surface area (Å²) >= 11 is 0. The fourth-order valence-corrected chi connectivity index (χ4v) is 4.62. The van der Waals surface area contributed by atoms with Crippen LogP contribution in [-0.4, -0.2) is 30.5 Å². The van der Waals surface area contributed by atoms with Crippen molar-refractivity contribution in [3.8, 4) is 0 Å². The first kappa shape index (κ1) is 18.0. The fourth-order valence-electron chi connectivity index (χ4n) is 2.91. The molecule has 0 spiro atoms. The molecule has 0 saturated heterocycles. The Morgan fingerprint density at radius 2 is 1.68 bits per heavy atom. The standard InChI is InChI=1S/C18H19F2NO3S/c19-15-8-16(20)10-17(9-15)25(23,24)21(18(12-22)14-6-7-14)11-13-4-2-1-3-5-13/h1-5,8-10,14,18,22H,6-7,11-12H2. The summed E-state index contributed by atoms with van der Waals surface area (Å²) in [5.74, 6) is -1.85. The number of halogens is 2. The average molecular weight is 367 g/mol. The number of rotatable bonds is 7. The molecule has 0 bridgehead atoms. The zero-order valence-corrected chi connectivity index (χ0v) is 14.3. The molecule has 2 aromatic carbocycles. The summed E-state index contributed by atoms with van der Waals surface area (Å²) in [7, 11) is -4.17. The van der Waals surface area contributed by atoms with Crippen LogP contribution in [-0.2, 0) is 16.6 Å². The van der Waals surface area contributed by atoms with Crippen LogP contribution in [0, 0.1) is 17.6 Å². The number of hydrogen-bond acceptors (Lipinski definition) is 3. The van der Waals surface area contributed by atoms with Gasteiger partial charge in [-0.25, -0.2) is 17.2 Å². The molecule has 1 atom stereocenters. The molecule has 1 saturated carbocycles. The lowest BCUT2D eigenvalue weighted by Crippen LogP contribution is -2.43. The van der Waals surface area contributed by atoms with Crippen LogP contribution in [0.3, 0.4) is 0 Å². The van der Waals surface area contributed by atoms with Gasteiger partial charge in [0.15, 0.2) is 0 Å². The summed E-state index contributed by atoms with van der Waals surface area (Å²) in [6, 6.07) is 10.6. The molecule has 134 valence electrons. The highest BCUT2D eigenvalue weighted by molar-refractivity contribution is 7.89. The zero-order chi connectivity index (χ0) is 18.0. The Balaban J connectivity index is 2.02. The molecule has 4 nitrogen and oxygen atoms in total. The van der Waals surface area contributed by atoms with Crippen LogP contribution in [0.5, 0.6) is 0 Å². The van der Waals surface area contributed by atoms with E-state index in [4.69, 9.17) is 0 Å². The van der Waals surface area contributed by atoms with Gasteiger partial charge in [0.05, 0.1) is 17.5 Å². The van der Waals surface area contributed by atoms with Crippen molar-refractivity contribution in [3.05, 3.63) is 65.7 Å². The number of aliphatic hydroxyl groups excluding tert-OH is 1. The Labute approximate surface area is 145 Å². The molecule has 3 rings (SSSR count). The van der Waals surface area contributed by atoms with Crippen LogP contribution in [0.1, 0.15) is 18.4 Å². The second-order valence-corrected chi connectivity index (χ2v) is 8.12. The minimum absolute atomic E-state index is 0.0308. The Hall–Kier alpha value is -1.83. The number of aliphatic hydroxyl groups is 1. The summed E-state index contributed by atoms with van der Waals surface area (Å²) < 4.78 is 54.3. The Kier molecular flexibility index (Phi) is 5.17. The van der Waals surface area contributed by atoms with Crippen molar-refractivity contribution in [3.63, 3.8) is 0 Å². The first-order chi connectivity index (χ1) is 11.9. The van der Waals surface area contributed by atoms with Crippen molar-refractivity contribution in [1.29, 1.82) is 0 Å². The van der Waals surface area contributed by atoms with E-state index in [0.29, 0.717) is 6.07 Å². The van der Waals surface area contributed by atoms with Crippen LogP contribution in [0.25, 0.3) is 0 Å². The van der Waals surface area contributed by atoms with Gasteiger partial charge in [-0.05, 0) is 36.5 Å². The highest BCUT2D eigenvalue weighted by atomic mass is 32.2. The lowest BCUT2D eigenvalue weighted by atomic mass is 10.1. The van der Waals surface area contributed by atoms with E-state index in [1.54, 1.807) is 24.3 Å². The molecule has 2 aromatic rings. The van der Waals surface area contributed by atoms with E-state index in [2.05, 4.69) is 0 Å². The van der Waals surface area contributed by atoms with Crippen molar-refractivity contribution in [1.82, 2.24) is 4.31 Å². The normalized spacial score (nSPS) is 16.2. The third-order valence-corrected chi connectivity index (χ3v) is 6.20. The molecular weight excluding hydrogens is 348 g/mol. The summed E-state index contributed by atoms with van der Waals surface area (Å²) in [5.41, 5.74) is 0.738. The third-order valence-electron chi connectivity index (χ3n) is 4.35. The van der Waals surface area contributed by atoms with Gasteiger partial charge < -0.3 is 5.11 Å². The Morgan fingerprint density at radius 3 is 2.20 bits per heavy atom.